The Balaban J connectivity index is 3.03. The van der Waals surface area contributed by atoms with Gasteiger partial charge in [-0.1, -0.05) is 11.6 Å². The Hall–Kier alpha value is -0.720. The van der Waals surface area contributed by atoms with Gasteiger partial charge in [-0.15, -0.1) is 0 Å². The Kier molecular flexibility index (Phi) is 8.14. The Morgan fingerprint density at radius 2 is 2.00 bits per heavy atom. The van der Waals surface area contributed by atoms with Crippen molar-refractivity contribution in [2.75, 3.05) is 40.5 Å². The van der Waals surface area contributed by atoms with Gasteiger partial charge in [0.25, 0.3) is 0 Å². The topological polar surface area (TPSA) is 47.7 Å². The fourth-order valence-electron chi connectivity index (χ4n) is 2.45. The summed E-state index contributed by atoms with van der Waals surface area (Å²) >= 11 is 5.95. The molecule has 0 saturated heterocycles. The molecule has 0 aliphatic heterocycles. The van der Waals surface area contributed by atoms with Crippen molar-refractivity contribution in [1.29, 1.82) is 0 Å². The summed E-state index contributed by atoms with van der Waals surface area (Å²) in [6.45, 7) is 4.20. The Morgan fingerprint density at radius 3 is 2.52 bits per heavy atom. The van der Waals surface area contributed by atoms with E-state index in [1.54, 1.807) is 20.3 Å². The van der Waals surface area contributed by atoms with Gasteiger partial charge in [0.05, 0.1) is 13.2 Å². The van der Waals surface area contributed by atoms with Crippen LogP contribution in [0, 0.1) is 5.82 Å². The van der Waals surface area contributed by atoms with E-state index >= 15 is 0 Å². The average Bonchev–Trinajstić information content (AvgIpc) is 2.42. The molecule has 21 heavy (non-hydrogen) atoms. The second kappa shape index (κ2) is 9.33. The zero-order valence-electron chi connectivity index (χ0n) is 12.8. The van der Waals surface area contributed by atoms with E-state index in [1.165, 1.54) is 12.1 Å². The molecule has 0 aliphatic carbocycles. The molecule has 0 saturated carbocycles. The lowest BCUT2D eigenvalue weighted by Crippen LogP contribution is -2.44. The molecule has 1 rings (SSSR count). The Labute approximate surface area is 131 Å². The maximum Gasteiger partial charge on any atom is 0.125 e. The summed E-state index contributed by atoms with van der Waals surface area (Å²) < 4.78 is 24.0. The summed E-state index contributed by atoms with van der Waals surface area (Å²) in [5, 5.41) is 0.370. The summed E-state index contributed by atoms with van der Waals surface area (Å²) in [5.41, 5.74) is 6.69. The number of nitrogens with zero attached hydrogens (tertiary/aromatic N) is 1. The van der Waals surface area contributed by atoms with Gasteiger partial charge >= 0.3 is 0 Å². The normalized spacial score (nSPS) is 14.4. The summed E-state index contributed by atoms with van der Waals surface area (Å²) in [7, 11) is 3.30. The molecule has 2 N–H and O–H groups in total. The standard InChI is InChI=1S/C15H24ClFN2O2/c1-11(10-21-3)19(4-5-20-2)15(9-18)12-6-13(16)8-14(17)7-12/h6-8,11,15H,4-5,9-10,18H2,1-3H3. The van der Waals surface area contributed by atoms with Crippen LogP contribution in [0.2, 0.25) is 5.02 Å². The van der Waals surface area contributed by atoms with Crippen molar-refractivity contribution >= 4 is 11.6 Å². The van der Waals surface area contributed by atoms with E-state index in [9.17, 15) is 4.39 Å². The van der Waals surface area contributed by atoms with E-state index in [0.717, 1.165) is 5.56 Å². The van der Waals surface area contributed by atoms with Gasteiger partial charge in [0.15, 0.2) is 0 Å². The van der Waals surface area contributed by atoms with Crippen LogP contribution in [0.1, 0.15) is 18.5 Å². The molecule has 0 aliphatic rings. The predicted octanol–water partition coefficient (Wildman–Crippen LogP) is 2.46. The first kappa shape index (κ1) is 18.3. The number of halogens is 2. The molecule has 4 nitrogen and oxygen atoms in total. The Morgan fingerprint density at radius 1 is 1.29 bits per heavy atom. The molecular formula is C15H24ClFN2O2. The van der Waals surface area contributed by atoms with Gasteiger partial charge in [0, 0.05) is 44.4 Å². The van der Waals surface area contributed by atoms with Crippen molar-refractivity contribution < 1.29 is 13.9 Å². The molecule has 1 aromatic carbocycles. The summed E-state index contributed by atoms with van der Waals surface area (Å²) in [6, 6.07) is 4.50. The molecule has 0 aromatic heterocycles. The first-order chi connectivity index (χ1) is 10.0. The summed E-state index contributed by atoms with van der Waals surface area (Å²) in [4.78, 5) is 2.15. The number of methoxy groups -OCH3 is 2. The zero-order chi connectivity index (χ0) is 15.8. The number of rotatable bonds is 9. The van der Waals surface area contributed by atoms with Crippen LogP contribution in [0.5, 0.6) is 0 Å². The molecule has 120 valence electrons. The molecular weight excluding hydrogens is 295 g/mol. The molecule has 2 unspecified atom stereocenters. The van der Waals surface area contributed by atoms with E-state index < -0.39 is 0 Å². The maximum absolute atomic E-state index is 13.6. The molecule has 1 aromatic rings. The third-order valence-corrected chi connectivity index (χ3v) is 3.64. The largest absolute Gasteiger partial charge is 0.383 e. The quantitative estimate of drug-likeness (QED) is 0.760. The average molecular weight is 319 g/mol. The predicted molar refractivity (Wildman–Crippen MR) is 83.1 cm³/mol. The minimum Gasteiger partial charge on any atom is -0.383 e. The third-order valence-electron chi connectivity index (χ3n) is 3.42. The van der Waals surface area contributed by atoms with Crippen molar-refractivity contribution in [3.05, 3.63) is 34.6 Å². The highest BCUT2D eigenvalue weighted by Gasteiger charge is 2.24. The molecule has 0 bridgehead atoms. The van der Waals surface area contributed by atoms with E-state index in [1.807, 2.05) is 6.92 Å². The highest BCUT2D eigenvalue weighted by atomic mass is 35.5. The van der Waals surface area contributed by atoms with Crippen LogP contribution in [0.25, 0.3) is 0 Å². The van der Waals surface area contributed by atoms with Crippen LogP contribution in [-0.4, -0.2) is 51.5 Å². The second-order valence-electron chi connectivity index (χ2n) is 4.99. The highest BCUT2D eigenvalue weighted by molar-refractivity contribution is 6.30. The van der Waals surface area contributed by atoms with Gasteiger partial charge in [0.2, 0.25) is 0 Å². The van der Waals surface area contributed by atoms with Crippen LogP contribution in [-0.2, 0) is 9.47 Å². The summed E-state index contributed by atoms with van der Waals surface area (Å²) in [5.74, 6) is -0.359. The van der Waals surface area contributed by atoms with Crippen molar-refractivity contribution in [1.82, 2.24) is 4.90 Å². The smallest absolute Gasteiger partial charge is 0.125 e. The van der Waals surface area contributed by atoms with E-state index in [4.69, 9.17) is 26.8 Å². The van der Waals surface area contributed by atoms with Crippen LogP contribution in [0.3, 0.4) is 0 Å². The first-order valence-corrected chi connectivity index (χ1v) is 7.31. The van der Waals surface area contributed by atoms with Gasteiger partial charge in [-0.25, -0.2) is 4.39 Å². The van der Waals surface area contributed by atoms with Crippen molar-refractivity contribution in [3.63, 3.8) is 0 Å². The van der Waals surface area contributed by atoms with Crippen LogP contribution in [0.4, 0.5) is 4.39 Å². The lowest BCUT2D eigenvalue weighted by atomic mass is 10.0. The molecule has 0 amide bonds. The minimum absolute atomic E-state index is 0.126. The number of benzene rings is 1. The van der Waals surface area contributed by atoms with Gasteiger partial charge in [-0.05, 0) is 30.7 Å². The minimum atomic E-state index is -0.359. The monoisotopic (exact) mass is 318 g/mol. The number of hydrogen-bond acceptors (Lipinski definition) is 4. The van der Waals surface area contributed by atoms with Crippen molar-refractivity contribution in [2.45, 2.75) is 19.0 Å². The lowest BCUT2D eigenvalue weighted by Gasteiger charge is -2.36. The van der Waals surface area contributed by atoms with E-state index in [0.29, 0.717) is 31.3 Å². The molecule has 0 heterocycles. The number of nitrogens with two attached hydrogens (primary N) is 1. The lowest BCUT2D eigenvalue weighted by molar-refractivity contribution is 0.0486. The van der Waals surface area contributed by atoms with E-state index in [2.05, 4.69) is 4.90 Å². The van der Waals surface area contributed by atoms with Gasteiger partial charge in [-0.3, -0.25) is 4.90 Å². The van der Waals surface area contributed by atoms with Crippen LogP contribution in [0.15, 0.2) is 18.2 Å². The highest BCUT2D eigenvalue weighted by Crippen LogP contribution is 2.25. The molecule has 0 spiro atoms. The second-order valence-corrected chi connectivity index (χ2v) is 5.43. The number of ether oxygens (including phenoxy) is 2. The molecule has 0 fully saturated rings. The van der Waals surface area contributed by atoms with Gasteiger partial charge < -0.3 is 15.2 Å². The molecule has 2 atom stereocenters. The van der Waals surface area contributed by atoms with E-state index in [-0.39, 0.29) is 17.9 Å². The number of hydrogen-bond donors (Lipinski definition) is 1. The fraction of sp³-hybridized carbons (Fsp3) is 0.600. The van der Waals surface area contributed by atoms with Gasteiger partial charge in [-0.2, -0.15) is 0 Å². The maximum atomic E-state index is 13.6. The molecule has 6 heteroatoms. The van der Waals surface area contributed by atoms with Crippen LogP contribution < -0.4 is 5.73 Å². The first-order valence-electron chi connectivity index (χ1n) is 6.93. The van der Waals surface area contributed by atoms with Crippen molar-refractivity contribution in [3.8, 4) is 0 Å². The summed E-state index contributed by atoms with van der Waals surface area (Å²) in [6.07, 6.45) is 0. The Bertz CT molecular complexity index is 414. The fourth-order valence-corrected chi connectivity index (χ4v) is 2.68. The SMILES string of the molecule is COCCN(C(C)COC)C(CN)c1cc(F)cc(Cl)c1. The van der Waals surface area contributed by atoms with Crippen LogP contribution >= 0.6 is 11.6 Å². The molecule has 0 radical (unpaired) electrons. The van der Waals surface area contributed by atoms with Gasteiger partial charge in [0.1, 0.15) is 5.82 Å². The zero-order valence-corrected chi connectivity index (χ0v) is 13.6. The third kappa shape index (κ3) is 5.52. The van der Waals surface area contributed by atoms with Crippen molar-refractivity contribution in [2.24, 2.45) is 5.73 Å².